The van der Waals surface area contributed by atoms with Crippen LogP contribution in [0.5, 0.6) is 0 Å². The second-order valence-corrected chi connectivity index (χ2v) is 5.22. The zero-order valence-electron chi connectivity index (χ0n) is 15.3. The third-order valence-corrected chi connectivity index (χ3v) is 0.378. The minimum atomic E-state index is -1.83. The molecule has 0 N–H and O–H groups in total. The molecule has 0 heterocycles. The second kappa shape index (κ2) is 24.4. The summed E-state index contributed by atoms with van der Waals surface area (Å²) in [5.74, 6) is 0. The molecule has 0 aliphatic heterocycles. The number of rotatable bonds is 0. The van der Waals surface area contributed by atoms with Crippen LogP contribution in [0.2, 0.25) is 0 Å². The largest absolute Gasteiger partial charge is 0.268 e. The average molecular weight is 324 g/mol. The number of allylic oxidation sites excluding steroid dienone is 4. The van der Waals surface area contributed by atoms with Gasteiger partial charge in [0.25, 0.3) is 12.2 Å². The minimum Gasteiger partial charge on any atom is -0.174 e. The lowest BCUT2D eigenvalue weighted by atomic mass is 10.4. The van der Waals surface area contributed by atoms with Gasteiger partial charge in [0.1, 0.15) is 0 Å². The number of halogens is 4. The lowest BCUT2D eigenvalue weighted by molar-refractivity contribution is 0.412. The molecule has 0 unspecified atom stereocenters. The molecule has 132 valence electrons. The van der Waals surface area contributed by atoms with Gasteiger partial charge >= 0.3 is 0 Å². The van der Waals surface area contributed by atoms with Crippen molar-refractivity contribution in [1.82, 2.24) is 0 Å². The van der Waals surface area contributed by atoms with Gasteiger partial charge in [0, 0.05) is 0 Å². The fraction of sp³-hybridized carbons (Fsp3) is 0.444. The molecule has 0 aliphatic carbocycles. The molecular weight excluding hydrogens is 292 g/mol. The highest BCUT2D eigenvalue weighted by atomic mass is 19.3. The summed E-state index contributed by atoms with van der Waals surface area (Å²) >= 11 is 0. The van der Waals surface area contributed by atoms with Gasteiger partial charge in [-0.25, -0.2) is 0 Å². The SMILES string of the molecule is C=C(C)C.C=C(C)C.C=C(C)C.C=C(F)F.CC(C)=C(F)F. The molecule has 0 aromatic heterocycles. The summed E-state index contributed by atoms with van der Waals surface area (Å²) in [5, 5.41) is 0. The topological polar surface area (TPSA) is 0 Å². The Balaban J connectivity index is -0.0000000555. The van der Waals surface area contributed by atoms with E-state index in [1.807, 2.05) is 41.5 Å². The van der Waals surface area contributed by atoms with Gasteiger partial charge in [0.05, 0.1) is 0 Å². The molecule has 0 radical (unpaired) electrons. The maximum atomic E-state index is 11.0. The molecule has 0 aromatic carbocycles. The van der Waals surface area contributed by atoms with Crippen LogP contribution in [0, 0.1) is 0 Å². The lowest BCUT2D eigenvalue weighted by Gasteiger charge is -1.78. The molecule has 0 bridgehead atoms. The van der Waals surface area contributed by atoms with E-state index in [4.69, 9.17) is 0 Å². The molecule has 0 aliphatic rings. The molecular formula is C18H32F4. The Labute approximate surface area is 134 Å². The summed E-state index contributed by atoms with van der Waals surface area (Å²) in [6.07, 6.45) is -3.41. The Hall–Kier alpha value is -1.58. The highest BCUT2D eigenvalue weighted by Crippen LogP contribution is 2.03. The van der Waals surface area contributed by atoms with Crippen LogP contribution in [0.25, 0.3) is 0 Å². The fourth-order valence-electron chi connectivity index (χ4n) is 0. The normalized spacial score (nSPS) is 6.91. The van der Waals surface area contributed by atoms with E-state index in [-0.39, 0.29) is 5.57 Å². The highest BCUT2D eigenvalue weighted by Gasteiger charge is 1.86. The van der Waals surface area contributed by atoms with Crippen molar-refractivity contribution in [2.75, 3.05) is 0 Å². The smallest absolute Gasteiger partial charge is 0.174 e. The van der Waals surface area contributed by atoms with Gasteiger partial charge in [-0.3, -0.25) is 0 Å². The third-order valence-electron chi connectivity index (χ3n) is 0.378. The molecule has 0 fully saturated rings. The van der Waals surface area contributed by atoms with E-state index in [0.29, 0.717) is 0 Å². The predicted octanol–water partition coefficient (Wildman–Crippen LogP) is 8.32. The fourth-order valence-corrected chi connectivity index (χ4v) is 0. The van der Waals surface area contributed by atoms with E-state index >= 15 is 0 Å². The highest BCUT2D eigenvalue weighted by molar-refractivity contribution is 4.92. The monoisotopic (exact) mass is 324 g/mol. The quantitative estimate of drug-likeness (QED) is 0.310. The first-order valence-corrected chi connectivity index (χ1v) is 6.42. The van der Waals surface area contributed by atoms with Gasteiger partial charge in [0.15, 0.2) is 0 Å². The molecule has 0 saturated heterocycles. The van der Waals surface area contributed by atoms with Crippen LogP contribution in [-0.2, 0) is 0 Å². The molecule has 0 atom stereocenters. The van der Waals surface area contributed by atoms with Crippen LogP contribution in [0.1, 0.15) is 55.4 Å². The van der Waals surface area contributed by atoms with Gasteiger partial charge < -0.3 is 0 Å². The van der Waals surface area contributed by atoms with Crippen molar-refractivity contribution in [3.63, 3.8) is 0 Å². The summed E-state index contributed by atoms with van der Waals surface area (Å²) in [4.78, 5) is 0. The number of hydrogen-bond donors (Lipinski definition) is 0. The van der Waals surface area contributed by atoms with Gasteiger partial charge in [-0.15, -0.1) is 19.7 Å². The summed E-state index contributed by atoms with van der Waals surface area (Å²) in [6.45, 7) is 27.5. The number of hydrogen-bond acceptors (Lipinski definition) is 0. The summed E-state index contributed by atoms with van der Waals surface area (Å²) < 4.78 is 42.4. The molecule has 22 heavy (non-hydrogen) atoms. The summed E-state index contributed by atoms with van der Waals surface area (Å²) in [6, 6.07) is 0. The molecule has 0 amide bonds. The van der Waals surface area contributed by atoms with Crippen LogP contribution < -0.4 is 0 Å². The van der Waals surface area contributed by atoms with Gasteiger partial charge in [-0.05, 0) is 67.5 Å². The van der Waals surface area contributed by atoms with Gasteiger partial charge in [-0.2, -0.15) is 17.6 Å². The van der Waals surface area contributed by atoms with E-state index in [0.717, 1.165) is 0 Å². The molecule has 0 nitrogen and oxygen atoms in total. The van der Waals surface area contributed by atoms with Crippen molar-refractivity contribution >= 4 is 0 Å². The maximum Gasteiger partial charge on any atom is 0.268 e. The van der Waals surface area contributed by atoms with Crippen LogP contribution in [0.4, 0.5) is 17.6 Å². The third kappa shape index (κ3) is 954. The standard InChI is InChI=1S/C4H6F2.3C4H8.C2H2F2/c1-3(2)4(5)6;3*1-4(2)3;1-2(3)4/h1-2H3;3*1H2,2-3H3;1H2. The van der Waals surface area contributed by atoms with Crippen molar-refractivity contribution in [3.05, 3.63) is 60.8 Å². The van der Waals surface area contributed by atoms with E-state index in [1.54, 1.807) is 0 Å². The maximum absolute atomic E-state index is 11.0. The molecule has 4 heteroatoms. The zero-order valence-corrected chi connectivity index (χ0v) is 15.3. The Morgan fingerprint density at radius 3 is 0.545 bits per heavy atom. The molecule has 0 saturated carbocycles. The van der Waals surface area contributed by atoms with E-state index in [9.17, 15) is 17.6 Å². The van der Waals surface area contributed by atoms with E-state index in [2.05, 4.69) is 26.3 Å². The molecule has 0 aromatic rings. The molecule has 0 spiro atoms. The van der Waals surface area contributed by atoms with Crippen molar-refractivity contribution < 1.29 is 17.6 Å². The van der Waals surface area contributed by atoms with Crippen molar-refractivity contribution in [2.45, 2.75) is 55.4 Å². The van der Waals surface area contributed by atoms with Crippen molar-refractivity contribution in [3.8, 4) is 0 Å². The Kier molecular flexibility index (Phi) is 36.0. The first-order chi connectivity index (χ1) is 9.57. The average Bonchev–Trinajstić information content (AvgIpc) is 2.12. The summed E-state index contributed by atoms with van der Waals surface area (Å²) in [7, 11) is 0. The van der Waals surface area contributed by atoms with E-state index in [1.165, 1.54) is 30.6 Å². The van der Waals surface area contributed by atoms with Crippen LogP contribution in [-0.4, -0.2) is 0 Å². The second-order valence-electron chi connectivity index (χ2n) is 5.22. The first-order valence-electron chi connectivity index (χ1n) is 6.42. The zero-order chi connectivity index (χ0) is 19.5. The Bertz CT molecular complexity index is 268. The summed E-state index contributed by atoms with van der Waals surface area (Å²) in [5.41, 5.74) is 3.59. The van der Waals surface area contributed by atoms with Gasteiger partial charge in [-0.1, -0.05) is 16.7 Å². The van der Waals surface area contributed by atoms with Crippen molar-refractivity contribution in [1.29, 1.82) is 0 Å². The van der Waals surface area contributed by atoms with Crippen LogP contribution in [0.15, 0.2) is 60.8 Å². The first kappa shape index (κ1) is 32.4. The minimum absolute atomic E-state index is 0.0926. The Morgan fingerprint density at radius 2 is 0.545 bits per heavy atom. The lowest BCUT2D eigenvalue weighted by Crippen LogP contribution is -1.61. The van der Waals surface area contributed by atoms with Crippen molar-refractivity contribution in [2.24, 2.45) is 0 Å². The van der Waals surface area contributed by atoms with E-state index < -0.39 is 12.2 Å². The Morgan fingerprint density at radius 1 is 0.500 bits per heavy atom. The van der Waals surface area contributed by atoms with Crippen LogP contribution in [0.3, 0.4) is 0 Å². The predicted molar refractivity (Wildman–Crippen MR) is 93.4 cm³/mol. The molecule has 0 rings (SSSR count). The van der Waals surface area contributed by atoms with Gasteiger partial charge in [0.2, 0.25) is 0 Å². The van der Waals surface area contributed by atoms with Crippen LogP contribution >= 0.6 is 0 Å².